The molecule has 0 aliphatic carbocycles. The van der Waals surface area contributed by atoms with Crippen LogP contribution in [0.2, 0.25) is 0 Å². The predicted octanol–water partition coefficient (Wildman–Crippen LogP) is 1.60. The van der Waals surface area contributed by atoms with Gasteiger partial charge in [-0.25, -0.2) is 0 Å². The third-order valence-corrected chi connectivity index (χ3v) is 3.59. The SMILES string of the molecule is CCNC(=NCC(C)(C)C(N)=O)N(C)Cc1ccccc1OC. The van der Waals surface area contributed by atoms with Crippen molar-refractivity contribution >= 4 is 11.9 Å². The Morgan fingerprint density at radius 2 is 2.04 bits per heavy atom. The molecule has 1 aromatic rings. The fourth-order valence-corrected chi connectivity index (χ4v) is 1.98. The predicted molar refractivity (Wildman–Crippen MR) is 93.4 cm³/mol. The van der Waals surface area contributed by atoms with Crippen LogP contribution in [0.5, 0.6) is 5.75 Å². The van der Waals surface area contributed by atoms with Gasteiger partial charge >= 0.3 is 0 Å². The highest BCUT2D eigenvalue weighted by atomic mass is 16.5. The first-order valence-electron chi connectivity index (χ1n) is 7.73. The number of methoxy groups -OCH3 is 1. The molecule has 0 saturated heterocycles. The number of carbonyl (C=O) groups is 1. The molecule has 3 N–H and O–H groups in total. The molecule has 0 spiro atoms. The fourth-order valence-electron chi connectivity index (χ4n) is 1.98. The molecule has 0 bridgehead atoms. The van der Waals surface area contributed by atoms with Crippen molar-refractivity contribution < 1.29 is 9.53 Å². The van der Waals surface area contributed by atoms with Crippen LogP contribution in [-0.2, 0) is 11.3 Å². The van der Waals surface area contributed by atoms with E-state index in [1.165, 1.54) is 0 Å². The van der Waals surface area contributed by atoms with Crippen molar-refractivity contribution in [2.45, 2.75) is 27.3 Å². The van der Waals surface area contributed by atoms with E-state index in [-0.39, 0.29) is 5.91 Å². The van der Waals surface area contributed by atoms with Crippen LogP contribution in [0.25, 0.3) is 0 Å². The number of primary amides is 1. The van der Waals surface area contributed by atoms with Crippen molar-refractivity contribution in [3.05, 3.63) is 29.8 Å². The van der Waals surface area contributed by atoms with Gasteiger partial charge in [-0.05, 0) is 26.8 Å². The molecule has 0 aliphatic rings. The molecule has 23 heavy (non-hydrogen) atoms. The van der Waals surface area contributed by atoms with E-state index < -0.39 is 5.41 Å². The van der Waals surface area contributed by atoms with E-state index in [9.17, 15) is 4.79 Å². The standard InChI is InChI=1S/C17H28N4O2/c1-6-19-16(20-12-17(2,3)15(18)22)21(4)11-13-9-7-8-10-14(13)23-5/h7-10H,6,11-12H2,1-5H3,(H2,18,22)(H,19,20). The molecule has 0 aromatic heterocycles. The highest BCUT2D eigenvalue weighted by Crippen LogP contribution is 2.19. The van der Waals surface area contributed by atoms with Crippen LogP contribution >= 0.6 is 0 Å². The number of amides is 1. The highest BCUT2D eigenvalue weighted by molar-refractivity contribution is 5.82. The number of nitrogens with two attached hydrogens (primary N) is 1. The van der Waals surface area contributed by atoms with Crippen LogP contribution in [0.15, 0.2) is 29.3 Å². The van der Waals surface area contributed by atoms with Crippen molar-refractivity contribution in [2.24, 2.45) is 16.1 Å². The molecule has 0 saturated carbocycles. The smallest absolute Gasteiger partial charge is 0.224 e. The molecule has 1 aromatic carbocycles. The lowest BCUT2D eigenvalue weighted by atomic mass is 9.93. The first-order chi connectivity index (χ1) is 10.8. The molecule has 1 rings (SSSR count). The van der Waals surface area contributed by atoms with Gasteiger partial charge in [-0.3, -0.25) is 9.79 Å². The zero-order valence-electron chi connectivity index (χ0n) is 14.7. The summed E-state index contributed by atoms with van der Waals surface area (Å²) in [6.07, 6.45) is 0. The van der Waals surface area contributed by atoms with Crippen LogP contribution < -0.4 is 15.8 Å². The summed E-state index contributed by atoms with van der Waals surface area (Å²) in [5.41, 5.74) is 5.80. The molecule has 128 valence electrons. The van der Waals surface area contributed by atoms with Crippen molar-refractivity contribution in [3.8, 4) is 5.75 Å². The topological polar surface area (TPSA) is 79.9 Å². The Bertz CT molecular complexity index is 555. The molecular weight excluding hydrogens is 292 g/mol. The number of carbonyl (C=O) groups excluding carboxylic acids is 1. The van der Waals surface area contributed by atoms with Crippen molar-refractivity contribution in [1.82, 2.24) is 10.2 Å². The van der Waals surface area contributed by atoms with Gasteiger partial charge in [0.25, 0.3) is 0 Å². The quantitative estimate of drug-likeness (QED) is 0.591. The number of rotatable bonds is 7. The lowest BCUT2D eigenvalue weighted by Crippen LogP contribution is -2.40. The summed E-state index contributed by atoms with van der Waals surface area (Å²) in [5, 5.41) is 3.23. The molecular formula is C17H28N4O2. The Balaban J connectivity index is 2.90. The van der Waals surface area contributed by atoms with E-state index in [1.807, 2.05) is 43.1 Å². The average Bonchev–Trinajstić information content (AvgIpc) is 2.51. The summed E-state index contributed by atoms with van der Waals surface area (Å²) >= 11 is 0. The third kappa shape index (κ3) is 5.47. The van der Waals surface area contributed by atoms with Gasteiger partial charge < -0.3 is 20.7 Å². The Kier molecular flexibility index (Phi) is 6.88. The van der Waals surface area contributed by atoms with Gasteiger partial charge in [0, 0.05) is 25.7 Å². The van der Waals surface area contributed by atoms with E-state index in [2.05, 4.69) is 10.3 Å². The lowest BCUT2D eigenvalue weighted by molar-refractivity contribution is -0.125. The average molecular weight is 320 g/mol. The summed E-state index contributed by atoms with van der Waals surface area (Å²) < 4.78 is 5.38. The van der Waals surface area contributed by atoms with Crippen molar-refractivity contribution in [2.75, 3.05) is 27.2 Å². The summed E-state index contributed by atoms with van der Waals surface area (Å²) in [4.78, 5) is 18.0. The van der Waals surface area contributed by atoms with Crippen LogP contribution in [-0.4, -0.2) is 44.0 Å². The van der Waals surface area contributed by atoms with E-state index in [0.29, 0.717) is 13.1 Å². The Hall–Kier alpha value is -2.24. The highest BCUT2D eigenvalue weighted by Gasteiger charge is 2.25. The number of hydrogen-bond acceptors (Lipinski definition) is 3. The second-order valence-corrected chi connectivity index (χ2v) is 6.09. The van der Waals surface area contributed by atoms with Crippen molar-refractivity contribution in [3.63, 3.8) is 0 Å². The van der Waals surface area contributed by atoms with E-state index in [4.69, 9.17) is 10.5 Å². The van der Waals surface area contributed by atoms with E-state index in [1.54, 1.807) is 21.0 Å². The molecule has 6 heteroatoms. The summed E-state index contributed by atoms with van der Waals surface area (Å²) in [5.74, 6) is 1.21. The first-order valence-corrected chi connectivity index (χ1v) is 7.73. The van der Waals surface area contributed by atoms with Crippen LogP contribution in [0, 0.1) is 5.41 Å². The van der Waals surface area contributed by atoms with Gasteiger partial charge in [-0.2, -0.15) is 0 Å². The summed E-state index contributed by atoms with van der Waals surface area (Å²) in [7, 11) is 3.61. The maximum absolute atomic E-state index is 11.4. The molecule has 0 aliphatic heterocycles. The van der Waals surface area contributed by atoms with Crippen LogP contribution in [0.1, 0.15) is 26.3 Å². The molecule has 0 unspecified atom stereocenters. The molecule has 0 atom stereocenters. The van der Waals surface area contributed by atoms with Gasteiger partial charge in [0.1, 0.15) is 5.75 Å². The van der Waals surface area contributed by atoms with Gasteiger partial charge in [-0.15, -0.1) is 0 Å². The maximum Gasteiger partial charge on any atom is 0.224 e. The second-order valence-electron chi connectivity index (χ2n) is 6.09. The molecule has 6 nitrogen and oxygen atoms in total. The summed E-state index contributed by atoms with van der Waals surface area (Å²) in [6, 6.07) is 7.87. The van der Waals surface area contributed by atoms with Gasteiger partial charge in [0.05, 0.1) is 19.1 Å². The number of benzene rings is 1. The Morgan fingerprint density at radius 1 is 1.39 bits per heavy atom. The minimum Gasteiger partial charge on any atom is -0.496 e. The number of guanidine groups is 1. The van der Waals surface area contributed by atoms with E-state index >= 15 is 0 Å². The number of ether oxygens (including phenoxy) is 1. The van der Waals surface area contributed by atoms with Gasteiger partial charge in [0.15, 0.2) is 5.96 Å². The normalized spacial score (nSPS) is 12.0. The Morgan fingerprint density at radius 3 is 2.61 bits per heavy atom. The monoisotopic (exact) mass is 320 g/mol. The molecule has 0 radical (unpaired) electrons. The molecule has 0 heterocycles. The second kappa shape index (κ2) is 8.41. The fraction of sp³-hybridized carbons (Fsp3) is 0.529. The summed E-state index contributed by atoms with van der Waals surface area (Å²) in [6.45, 7) is 7.32. The van der Waals surface area contributed by atoms with E-state index in [0.717, 1.165) is 23.8 Å². The number of nitrogens with zero attached hydrogens (tertiary/aromatic N) is 2. The lowest BCUT2D eigenvalue weighted by Gasteiger charge is -2.25. The number of nitrogens with one attached hydrogen (secondary N) is 1. The number of para-hydroxylation sites is 1. The molecule has 1 amide bonds. The van der Waals surface area contributed by atoms with Crippen LogP contribution in [0.3, 0.4) is 0 Å². The maximum atomic E-state index is 11.4. The Labute approximate surface area is 138 Å². The zero-order valence-corrected chi connectivity index (χ0v) is 14.7. The number of aliphatic imine (C=N–C) groups is 1. The van der Waals surface area contributed by atoms with Crippen molar-refractivity contribution in [1.29, 1.82) is 0 Å². The number of hydrogen-bond donors (Lipinski definition) is 2. The third-order valence-electron chi connectivity index (χ3n) is 3.59. The van der Waals surface area contributed by atoms with Gasteiger partial charge in [0.2, 0.25) is 5.91 Å². The molecule has 0 fully saturated rings. The minimum atomic E-state index is -0.675. The minimum absolute atomic E-state index is 0.334. The van der Waals surface area contributed by atoms with Crippen LogP contribution in [0.4, 0.5) is 0 Å². The zero-order chi connectivity index (χ0) is 17.5. The van der Waals surface area contributed by atoms with Gasteiger partial charge in [-0.1, -0.05) is 18.2 Å². The first kappa shape index (κ1) is 18.8. The largest absolute Gasteiger partial charge is 0.496 e.